The number of carbonyl (C=O) groups is 1. The summed E-state index contributed by atoms with van der Waals surface area (Å²) in [6.45, 7) is 0.0646. The topological polar surface area (TPSA) is 102 Å². The number of hydrogen-bond acceptors (Lipinski definition) is 6. The maximum absolute atomic E-state index is 12.5. The monoisotopic (exact) mass is 372 g/mol. The summed E-state index contributed by atoms with van der Waals surface area (Å²) < 4.78 is 5.17. The van der Waals surface area contributed by atoms with E-state index < -0.39 is 10.8 Å². The maximum Gasteiger partial charge on any atom is 0.288 e. The molecular weight excluding hydrogens is 360 g/mol. The standard InChI is InChI=1S/C17H13ClN4O4/c1-21(17(23)12-7-8-13(18)14(9-12)22(24)25)10-15-19-16(20-26-15)11-5-3-2-4-6-11/h2-9H,10H2,1H3. The van der Waals surface area contributed by atoms with Crippen molar-refractivity contribution in [1.29, 1.82) is 0 Å². The molecule has 2 aromatic carbocycles. The van der Waals surface area contributed by atoms with Gasteiger partial charge in [0.1, 0.15) is 5.02 Å². The molecule has 26 heavy (non-hydrogen) atoms. The Morgan fingerprint density at radius 2 is 2.00 bits per heavy atom. The molecule has 0 unspecified atom stereocenters. The Balaban J connectivity index is 1.75. The summed E-state index contributed by atoms with van der Waals surface area (Å²) in [4.78, 5) is 28.4. The summed E-state index contributed by atoms with van der Waals surface area (Å²) in [5, 5.41) is 14.8. The second-order valence-corrected chi connectivity index (χ2v) is 5.87. The Bertz CT molecular complexity index is 958. The van der Waals surface area contributed by atoms with Gasteiger partial charge >= 0.3 is 0 Å². The molecule has 1 aromatic heterocycles. The highest BCUT2D eigenvalue weighted by Crippen LogP contribution is 2.25. The van der Waals surface area contributed by atoms with Crippen LogP contribution in [-0.4, -0.2) is 32.9 Å². The van der Waals surface area contributed by atoms with Crippen LogP contribution >= 0.6 is 11.6 Å². The zero-order chi connectivity index (χ0) is 18.7. The van der Waals surface area contributed by atoms with Crippen molar-refractivity contribution in [3.05, 3.63) is 75.1 Å². The molecule has 0 aliphatic rings. The van der Waals surface area contributed by atoms with E-state index in [0.29, 0.717) is 5.82 Å². The van der Waals surface area contributed by atoms with E-state index in [4.69, 9.17) is 16.1 Å². The van der Waals surface area contributed by atoms with Gasteiger partial charge in [-0.2, -0.15) is 4.98 Å². The number of amides is 1. The third kappa shape index (κ3) is 3.70. The molecule has 1 amide bonds. The van der Waals surface area contributed by atoms with Gasteiger partial charge in [0, 0.05) is 24.2 Å². The van der Waals surface area contributed by atoms with Crippen molar-refractivity contribution in [3.63, 3.8) is 0 Å². The lowest BCUT2D eigenvalue weighted by atomic mass is 10.2. The molecule has 0 atom stereocenters. The van der Waals surface area contributed by atoms with Gasteiger partial charge in [0.05, 0.1) is 11.5 Å². The van der Waals surface area contributed by atoms with Crippen LogP contribution in [0.25, 0.3) is 11.4 Å². The van der Waals surface area contributed by atoms with Crippen LogP contribution in [0.15, 0.2) is 53.1 Å². The number of aromatic nitrogens is 2. The minimum Gasteiger partial charge on any atom is -0.337 e. The molecule has 0 radical (unpaired) electrons. The van der Waals surface area contributed by atoms with Gasteiger partial charge in [-0.15, -0.1) is 0 Å². The number of nitro benzene ring substituents is 1. The lowest BCUT2D eigenvalue weighted by Crippen LogP contribution is -2.26. The number of hydrogen-bond donors (Lipinski definition) is 0. The number of rotatable bonds is 5. The van der Waals surface area contributed by atoms with E-state index in [1.165, 1.54) is 24.1 Å². The average molecular weight is 373 g/mol. The second-order valence-electron chi connectivity index (χ2n) is 5.46. The van der Waals surface area contributed by atoms with Crippen LogP contribution in [0.2, 0.25) is 5.02 Å². The van der Waals surface area contributed by atoms with Crippen LogP contribution in [0.5, 0.6) is 0 Å². The van der Waals surface area contributed by atoms with Gasteiger partial charge in [-0.1, -0.05) is 47.1 Å². The molecule has 0 N–H and O–H groups in total. The number of halogens is 1. The van der Waals surface area contributed by atoms with Crippen molar-refractivity contribution in [2.75, 3.05) is 7.05 Å². The number of nitro groups is 1. The van der Waals surface area contributed by atoms with E-state index in [2.05, 4.69) is 10.1 Å². The molecule has 0 aliphatic carbocycles. The lowest BCUT2D eigenvalue weighted by molar-refractivity contribution is -0.384. The van der Waals surface area contributed by atoms with Crippen molar-refractivity contribution in [3.8, 4) is 11.4 Å². The van der Waals surface area contributed by atoms with Crippen molar-refractivity contribution >= 4 is 23.2 Å². The predicted molar refractivity (Wildman–Crippen MR) is 93.6 cm³/mol. The Labute approximate surface area is 153 Å². The third-order valence-corrected chi connectivity index (χ3v) is 3.93. The zero-order valence-corrected chi connectivity index (χ0v) is 14.4. The van der Waals surface area contributed by atoms with Gasteiger partial charge in [-0.3, -0.25) is 14.9 Å². The maximum atomic E-state index is 12.5. The molecular formula is C17H13ClN4O4. The molecule has 132 valence electrons. The van der Waals surface area contributed by atoms with Crippen molar-refractivity contribution in [2.45, 2.75) is 6.54 Å². The Kier molecular flexibility index (Phi) is 4.94. The largest absolute Gasteiger partial charge is 0.337 e. The SMILES string of the molecule is CN(Cc1nc(-c2ccccc2)no1)C(=O)c1ccc(Cl)c([N+](=O)[O-])c1. The first-order valence-electron chi connectivity index (χ1n) is 7.53. The normalized spacial score (nSPS) is 10.5. The lowest BCUT2D eigenvalue weighted by Gasteiger charge is -2.14. The van der Waals surface area contributed by atoms with E-state index in [0.717, 1.165) is 11.6 Å². The van der Waals surface area contributed by atoms with E-state index in [1.54, 1.807) is 0 Å². The fourth-order valence-electron chi connectivity index (χ4n) is 2.30. The summed E-state index contributed by atoms with van der Waals surface area (Å²) in [6.07, 6.45) is 0. The predicted octanol–water partition coefficient (Wildman–Crippen LogP) is 3.57. The molecule has 0 aliphatic heterocycles. The highest BCUT2D eigenvalue weighted by Gasteiger charge is 2.20. The summed E-state index contributed by atoms with van der Waals surface area (Å²) in [5.41, 5.74) is 0.617. The molecule has 1 heterocycles. The first-order valence-corrected chi connectivity index (χ1v) is 7.91. The second kappa shape index (κ2) is 7.32. The molecule has 0 spiro atoms. The molecule has 3 aromatic rings. The summed E-state index contributed by atoms with van der Waals surface area (Å²) >= 11 is 5.77. The molecule has 3 rings (SSSR count). The minimum atomic E-state index is -0.636. The number of benzene rings is 2. The summed E-state index contributed by atoms with van der Waals surface area (Å²) in [6, 6.07) is 13.2. The Morgan fingerprint density at radius 1 is 1.27 bits per heavy atom. The zero-order valence-electron chi connectivity index (χ0n) is 13.6. The molecule has 0 saturated heterocycles. The van der Waals surface area contributed by atoms with Crippen molar-refractivity contribution in [2.24, 2.45) is 0 Å². The van der Waals surface area contributed by atoms with Crippen LogP contribution in [0.4, 0.5) is 5.69 Å². The number of carbonyl (C=O) groups excluding carboxylic acids is 1. The molecule has 0 bridgehead atoms. The Hall–Kier alpha value is -3.26. The fraction of sp³-hybridized carbons (Fsp3) is 0.118. The highest BCUT2D eigenvalue weighted by atomic mass is 35.5. The van der Waals surface area contributed by atoms with Gasteiger partial charge < -0.3 is 9.42 Å². The summed E-state index contributed by atoms with van der Waals surface area (Å²) in [7, 11) is 1.54. The Morgan fingerprint density at radius 3 is 2.69 bits per heavy atom. The smallest absolute Gasteiger partial charge is 0.288 e. The van der Waals surface area contributed by atoms with Gasteiger partial charge in [0.15, 0.2) is 0 Å². The van der Waals surface area contributed by atoms with E-state index >= 15 is 0 Å². The van der Waals surface area contributed by atoms with Crippen LogP contribution in [0, 0.1) is 10.1 Å². The minimum absolute atomic E-state index is 0.0291. The van der Waals surface area contributed by atoms with Gasteiger partial charge in [0.2, 0.25) is 11.7 Å². The van der Waals surface area contributed by atoms with Crippen LogP contribution in [0.1, 0.15) is 16.2 Å². The quantitative estimate of drug-likeness (QED) is 0.501. The van der Waals surface area contributed by atoms with Crippen molar-refractivity contribution in [1.82, 2.24) is 15.0 Å². The first-order chi connectivity index (χ1) is 12.5. The fourth-order valence-corrected chi connectivity index (χ4v) is 2.49. The molecule has 8 nitrogen and oxygen atoms in total. The van der Waals surface area contributed by atoms with Crippen LogP contribution in [-0.2, 0) is 6.54 Å². The third-order valence-electron chi connectivity index (χ3n) is 3.61. The average Bonchev–Trinajstić information content (AvgIpc) is 3.10. The number of nitrogens with zero attached hydrogens (tertiary/aromatic N) is 4. The molecule has 0 fully saturated rings. The van der Waals surface area contributed by atoms with Gasteiger partial charge in [0.25, 0.3) is 11.6 Å². The first kappa shape index (κ1) is 17.6. The van der Waals surface area contributed by atoms with E-state index in [-0.39, 0.29) is 28.7 Å². The van der Waals surface area contributed by atoms with Crippen molar-refractivity contribution < 1.29 is 14.2 Å². The highest BCUT2D eigenvalue weighted by molar-refractivity contribution is 6.32. The van der Waals surface area contributed by atoms with Gasteiger partial charge in [-0.25, -0.2) is 0 Å². The molecule has 0 saturated carbocycles. The summed E-state index contributed by atoms with van der Waals surface area (Å²) in [5.74, 6) is 0.246. The van der Waals surface area contributed by atoms with E-state index in [9.17, 15) is 14.9 Å². The van der Waals surface area contributed by atoms with Crippen LogP contribution in [0.3, 0.4) is 0 Å². The van der Waals surface area contributed by atoms with Crippen LogP contribution < -0.4 is 0 Å². The van der Waals surface area contributed by atoms with Gasteiger partial charge in [-0.05, 0) is 12.1 Å². The van der Waals surface area contributed by atoms with E-state index in [1.807, 2.05) is 30.3 Å². The molecule has 9 heteroatoms.